The first-order chi connectivity index (χ1) is 7.34. The molecule has 0 radical (unpaired) electrons. The third kappa shape index (κ3) is 4.33. The molecule has 0 aromatic heterocycles. The standard InChI is InChI=1S/C13H14O2/c1-2-3-4-8-11-15-13(14)12-9-6-5-7-10-12/h5-7,9-10H,2,8,11H2,1H3. The maximum Gasteiger partial charge on any atom is 0.338 e. The summed E-state index contributed by atoms with van der Waals surface area (Å²) < 4.78 is 5.03. The molecule has 0 aliphatic heterocycles. The van der Waals surface area contributed by atoms with E-state index < -0.39 is 0 Å². The zero-order valence-corrected chi connectivity index (χ0v) is 8.82. The van der Waals surface area contributed by atoms with E-state index in [4.69, 9.17) is 4.74 Å². The molecule has 1 rings (SSSR count). The van der Waals surface area contributed by atoms with E-state index in [2.05, 4.69) is 11.8 Å². The molecule has 0 N–H and O–H groups in total. The largest absolute Gasteiger partial charge is 0.461 e. The molecule has 0 amide bonds. The molecule has 1 aromatic rings. The van der Waals surface area contributed by atoms with Crippen molar-refractivity contribution in [1.82, 2.24) is 0 Å². The first-order valence-corrected chi connectivity index (χ1v) is 5.02. The van der Waals surface area contributed by atoms with Crippen molar-refractivity contribution in [3.8, 4) is 11.8 Å². The van der Waals surface area contributed by atoms with Crippen molar-refractivity contribution in [1.29, 1.82) is 0 Å². The Kier molecular flexibility index (Phi) is 5.03. The van der Waals surface area contributed by atoms with E-state index in [1.165, 1.54) is 0 Å². The van der Waals surface area contributed by atoms with Gasteiger partial charge < -0.3 is 4.74 Å². The predicted molar refractivity (Wildman–Crippen MR) is 59.4 cm³/mol. The Balaban J connectivity index is 2.31. The van der Waals surface area contributed by atoms with Gasteiger partial charge in [-0.3, -0.25) is 0 Å². The monoisotopic (exact) mass is 202 g/mol. The summed E-state index contributed by atoms with van der Waals surface area (Å²) in [6.07, 6.45) is 1.44. The Morgan fingerprint density at radius 2 is 2.00 bits per heavy atom. The minimum atomic E-state index is -0.283. The van der Waals surface area contributed by atoms with Gasteiger partial charge in [-0.05, 0) is 12.1 Å². The average Bonchev–Trinajstić information content (AvgIpc) is 2.30. The smallest absolute Gasteiger partial charge is 0.338 e. The summed E-state index contributed by atoms with van der Waals surface area (Å²) in [5.74, 6) is 5.55. The molecule has 0 aliphatic rings. The van der Waals surface area contributed by atoms with Crippen LogP contribution in [-0.4, -0.2) is 12.6 Å². The summed E-state index contributed by atoms with van der Waals surface area (Å²) in [6.45, 7) is 2.35. The molecule has 2 nitrogen and oxygen atoms in total. The minimum absolute atomic E-state index is 0.283. The second-order valence-corrected chi connectivity index (χ2v) is 2.96. The summed E-state index contributed by atoms with van der Waals surface area (Å²) in [4.78, 5) is 11.4. The molecule has 0 heterocycles. The van der Waals surface area contributed by atoms with Gasteiger partial charge in [0.15, 0.2) is 0 Å². The highest BCUT2D eigenvalue weighted by Crippen LogP contribution is 2.00. The fourth-order valence-corrected chi connectivity index (χ4v) is 1.07. The molecule has 2 heteroatoms. The second kappa shape index (κ2) is 6.67. The zero-order chi connectivity index (χ0) is 10.9. The molecule has 0 fully saturated rings. The number of rotatable bonds is 3. The van der Waals surface area contributed by atoms with E-state index >= 15 is 0 Å². The van der Waals surface area contributed by atoms with Crippen LogP contribution in [0.5, 0.6) is 0 Å². The van der Waals surface area contributed by atoms with Crippen LogP contribution in [0.2, 0.25) is 0 Å². The molecular formula is C13H14O2. The van der Waals surface area contributed by atoms with Crippen LogP contribution in [0.4, 0.5) is 0 Å². The highest BCUT2D eigenvalue weighted by atomic mass is 16.5. The van der Waals surface area contributed by atoms with Crippen LogP contribution in [0.15, 0.2) is 30.3 Å². The third-order valence-electron chi connectivity index (χ3n) is 1.77. The number of esters is 1. The van der Waals surface area contributed by atoms with E-state index in [-0.39, 0.29) is 5.97 Å². The fourth-order valence-electron chi connectivity index (χ4n) is 1.07. The van der Waals surface area contributed by atoms with E-state index in [0.29, 0.717) is 18.6 Å². The Labute approximate surface area is 90.3 Å². The van der Waals surface area contributed by atoms with Gasteiger partial charge in [0, 0.05) is 12.8 Å². The molecule has 0 saturated carbocycles. The van der Waals surface area contributed by atoms with Gasteiger partial charge in [0.1, 0.15) is 6.61 Å². The van der Waals surface area contributed by atoms with Crippen molar-refractivity contribution < 1.29 is 9.53 Å². The molecule has 0 bridgehead atoms. The number of carbonyl (C=O) groups is 1. The van der Waals surface area contributed by atoms with E-state index in [0.717, 1.165) is 6.42 Å². The molecule has 0 atom stereocenters. The molecule has 0 aliphatic carbocycles. The van der Waals surface area contributed by atoms with Crippen LogP contribution >= 0.6 is 0 Å². The molecule has 0 spiro atoms. The van der Waals surface area contributed by atoms with Crippen molar-refractivity contribution in [3.63, 3.8) is 0 Å². The normalized spacial score (nSPS) is 8.87. The summed E-state index contributed by atoms with van der Waals surface area (Å²) in [7, 11) is 0. The predicted octanol–water partition coefficient (Wildman–Crippen LogP) is 2.65. The first kappa shape index (κ1) is 11.3. The van der Waals surface area contributed by atoms with Gasteiger partial charge in [-0.25, -0.2) is 4.79 Å². The van der Waals surface area contributed by atoms with Crippen LogP contribution in [0.3, 0.4) is 0 Å². The van der Waals surface area contributed by atoms with Crippen LogP contribution in [-0.2, 0) is 4.74 Å². The molecule has 78 valence electrons. The van der Waals surface area contributed by atoms with Gasteiger partial charge in [0.05, 0.1) is 5.56 Å². The molecule has 15 heavy (non-hydrogen) atoms. The number of ether oxygens (including phenoxy) is 1. The van der Waals surface area contributed by atoms with Crippen LogP contribution in [0.25, 0.3) is 0 Å². The van der Waals surface area contributed by atoms with Gasteiger partial charge in [-0.1, -0.05) is 31.0 Å². The Bertz CT molecular complexity index is 357. The molecular weight excluding hydrogens is 188 g/mol. The average molecular weight is 202 g/mol. The number of hydrogen-bond donors (Lipinski definition) is 0. The lowest BCUT2D eigenvalue weighted by atomic mass is 10.2. The Hall–Kier alpha value is -1.75. The minimum Gasteiger partial charge on any atom is -0.461 e. The van der Waals surface area contributed by atoms with Crippen molar-refractivity contribution >= 4 is 5.97 Å². The molecule has 0 unspecified atom stereocenters. The summed E-state index contributed by atoms with van der Waals surface area (Å²) in [6, 6.07) is 8.96. The Morgan fingerprint density at radius 1 is 1.27 bits per heavy atom. The summed E-state index contributed by atoms with van der Waals surface area (Å²) >= 11 is 0. The highest BCUT2D eigenvalue weighted by Gasteiger charge is 2.03. The zero-order valence-electron chi connectivity index (χ0n) is 8.82. The van der Waals surface area contributed by atoms with Crippen molar-refractivity contribution in [2.24, 2.45) is 0 Å². The lowest BCUT2D eigenvalue weighted by Crippen LogP contribution is -2.05. The van der Waals surface area contributed by atoms with Gasteiger partial charge in [-0.15, -0.1) is 5.92 Å². The van der Waals surface area contributed by atoms with Gasteiger partial charge in [0.25, 0.3) is 0 Å². The third-order valence-corrected chi connectivity index (χ3v) is 1.77. The summed E-state index contributed by atoms with van der Waals surface area (Å²) in [5, 5.41) is 0. The summed E-state index contributed by atoms with van der Waals surface area (Å²) in [5.41, 5.74) is 0.584. The van der Waals surface area contributed by atoms with E-state index in [1.807, 2.05) is 25.1 Å². The number of benzene rings is 1. The molecule has 0 saturated heterocycles. The van der Waals surface area contributed by atoms with E-state index in [9.17, 15) is 4.79 Å². The maximum atomic E-state index is 11.4. The lowest BCUT2D eigenvalue weighted by Gasteiger charge is -2.01. The van der Waals surface area contributed by atoms with Gasteiger partial charge >= 0.3 is 5.97 Å². The fraction of sp³-hybridized carbons (Fsp3) is 0.308. The van der Waals surface area contributed by atoms with Crippen molar-refractivity contribution in [3.05, 3.63) is 35.9 Å². The quantitative estimate of drug-likeness (QED) is 0.428. The lowest BCUT2D eigenvalue weighted by molar-refractivity contribution is 0.0513. The number of carbonyl (C=O) groups excluding carboxylic acids is 1. The van der Waals surface area contributed by atoms with Crippen LogP contribution < -0.4 is 0 Å². The SMILES string of the molecule is CCC#CCCOC(=O)c1ccccc1. The van der Waals surface area contributed by atoms with Crippen LogP contribution in [0, 0.1) is 11.8 Å². The molecule has 1 aromatic carbocycles. The van der Waals surface area contributed by atoms with Crippen molar-refractivity contribution in [2.75, 3.05) is 6.61 Å². The first-order valence-electron chi connectivity index (χ1n) is 5.02. The maximum absolute atomic E-state index is 11.4. The van der Waals surface area contributed by atoms with Crippen LogP contribution in [0.1, 0.15) is 30.1 Å². The van der Waals surface area contributed by atoms with Gasteiger partial charge in [0.2, 0.25) is 0 Å². The Morgan fingerprint density at radius 3 is 2.67 bits per heavy atom. The topological polar surface area (TPSA) is 26.3 Å². The van der Waals surface area contributed by atoms with Gasteiger partial charge in [-0.2, -0.15) is 0 Å². The highest BCUT2D eigenvalue weighted by molar-refractivity contribution is 5.89. The van der Waals surface area contributed by atoms with Crippen molar-refractivity contribution in [2.45, 2.75) is 19.8 Å². The second-order valence-electron chi connectivity index (χ2n) is 2.96. The number of hydrogen-bond acceptors (Lipinski definition) is 2. The van der Waals surface area contributed by atoms with E-state index in [1.54, 1.807) is 12.1 Å².